The first-order chi connectivity index (χ1) is 17.7. The Morgan fingerprint density at radius 3 is 2.16 bits per heavy atom. The van der Waals surface area contributed by atoms with Crippen LogP contribution in [0.3, 0.4) is 0 Å². The van der Waals surface area contributed by atoms with E-state index in [-0.39, 0.29) is 11.6 Å². The molecule has 2 atom stereocenters. The Morgan fingerprint density at radius 1 is 0.946 bits per heavy atom. The maximum absolute atomic E-state index is 12.3. The topological polar surface area (TPSA) is 86.3 Å². The molecule has 0 saturated carbocycles. The van der Waals surface area contributed by atoms with Gasteiger partial charge in [-0.3, -0.25) is 4.79 Å². The molecular weight excluding hydrogens is 462 g/mol. The number of nitrogens with zero attached hydrogens (tertiary/aromatic N) is 5. The third-order valence-electron chi connectivity index (χ3n) is 7.64. The number of benzene rings is 2. The van der Waals surface area contributed by atoms with Gasteiger partial charge in [0.15, 0.2) is 11.7 Å². The van der Waals surface area contributed by atoms with Crippen LogP contribution in [0.25, 0.3) is 0 Å². The van der Waals surface area contributed by atoms with Gasteiger partial charge in [-0.25, -0.2) is 9.98 Å². The molecule has 8 nitrogen and oxygen atoms in total. The highest BCUT2D eigenvalue weighted by molar-refractivity contribution is 6.47. The van der Waals surface area contributed by atoms with Gasteiger partial charge in [-0.05, 0) is 60.9 Å². The molecule has 2 aromatic rings. The van der Waals surface area contributed by atoms with Crippen molar-refractivity contribution in [3.8, 4) is 0 Å². The van der Waals surface area contributed by atoms with E-state index in [1.165, 1.54) is 30.3 Å². The molecule has 8 heteroatoms. The number of anilines is 3. The Kier molecular flexibility index (Phi) is 6.77. The number of amidine groups is 2. The molecule has 2 fully saturated rings. The molecule has 0 aliphatic carbocycles. The van der Waals surface area contributed by atoms with E-state index in [4.69, 9.17) is 10.7 Å². The van der Waals surface area contributed by atoms with Crippen LogP contribution in [0, 0.1) is 5.92 Å². The number of carbonyl (C=O) groups excluding carboxylic acids is 1. The average Bonchev–Trinajstić information content (AvgIpc) is 3.53. The van der Waals surface area contributed by atoms with E-state index >= 15 is 0 Å². The quantitative estimate of drug-likeness (QED) is 0.590. The molecule has 2 aromatic carbocycles. The largest absolute Gasteiger partial charge is 0.380 e. The summed E-state index contributed by atoms with van der Waals surface area (Å²) in [5.41, 5.74) is 10.4. The highest BCUT2D eigenvalue weighted by atomic mass is 16.1. The summed E-state index contributed by atoms with van der Waals surface area (Å²) < 4.78 is 0.975. The van der Waals surface area contributed by atoms with Gasteiger partial charge in [0, 0.05) is 49.2 Å². The van der Waals surface area contributed by atoms with Crippen molar-refractivity contribution in [3.05, 3.63) is 60.3 Å². The van der Waals surface area contributed by atoms with Crippen molar-refractivity contribution in [2.24, 2.45) is 21.6 Å². The molecule has 3 heterocycles. The second-order valence-electron chi connectivity index (χ2n) is 11.4. The summed E-state index contributed by atoms with van der Waals surface area (Å²) in [4.78, 5) is 26.2. The van der Waals surface area contributed by atoms with Crippen molar-refractivity contribution < 1.29 is 9.28 Å². The van der Waals surface area contributed by atoms with E-state index < -0.39 is 0 Å². The Morgan fingerprint density at radius 2 is 1.57 bits per heavy atom. The van der Waals surface area contributed by atoms with Crippen LogP contribution in [-0.2, 0) is 4.79 Å². The van der Waals surface area contributed by atoms with E-state index in [0.29, 0.717) is 17.6 Å². The molecule has 0 bridgehead atoms. The predicted molar refractivity (Wildman–Crippen MR) is 153 cm³/mol. The van der Waals surface area contributed by atoms with Crippen LogP contribution in [0.15, 0.2) is 70.3 Å². The van der Waals surface area contributed by atoms with Crippen molar-refractivity contribution in [1.29, 1.82) is 0 Å². The maximum Gasteiger partial charge on any atom is 0.222 e. The lowest BCUT2D eigenvalue weighted by Crippen LogP contribution is -2.46. The van der Waals surface area contributed by atoms with Crippen LogP contribution in [0.5, 0.6) is 0 Å². The van der Waals surface area contributed by atoms with Crippen LogP contribution < -0.4 is 20.9 Å². The van der Waals surface area contributed by atoms with Crippen LogP contribution in [-0.4, -0.2) is 75.3 Å². The molecule has 5 rings (SSSR count). The van der Waals surface area contributed by atoms with Crippen molar-refractivity contribution in [2.45, 2.75) is 25.8 Å². The monoisotopic (exact) mass is 500 g/mol. The lowest BCUT2D eigenvalue weighted by molar-refractivity contribution is -0.893. The number of nitrogens with two attached hydrogens (primary N) is 1. The maximum atomic E-state index is 12.3. The van der Waals surface area contributed by atoms with Gasteiger partial charge < -0.3 is 25.3 Å². The molecular formula is C29H38N7O+. The van der Waals surface area contributed by atoms with E-state index in [2.05, 4.69) is 72.4 Å². The minimum absolute atomic E-state index is 0.0529. The number of ketones is 1. The standard InChI is InChI=1S/C29H37N7O/c1-20-13-15-34(18-20)23-9-5-21(6-10-23)31-26-17-27(37)28(30)33-29(26)32-22-7-11-24(12-8-22)35-16-14-25(19-35)36(2,3)4/h5-12,17,20,25H,13-16,18-19H2,1-4H3,(H2-,30,31,32,33,37)/p+1. The number of carbonyl (C=O) groups is 1. The fraction of sp³-hybridized carbons (Fsp3) is 0.414. The van der Waals surface area contributed by atoms with Gasteiger partial charge in [-0.2, -0.15) is 0 Å². The van der Waals surface area contributed by atoms with Gasteiger partial charge in [-0.15, -0.1) is 0 Å². The van der Waals surface area contributed by atoms with Gasteiger partial charge >= 0.3 is 0 Å². The van der Waals surface area contributed by atoms with Crippen molar-refractivity contribution >= 4 is 40.2 Å². The molecule has 2 unspecified atom stereocenters. The van der Waals surface area contributed by atoms with Gasteiger partial charge in [0.05, 0.1) is 39.1 Å². The molecule has 2 saturated heterocycles. The van der Waals surface area contributed by atoms with E-state index in [9.17, 15) is 4.79 Å². The van der Waals surface area contributed by atoms with Crippen molar-refractivity contribution in [1.82, 2.24) is 0 Å². The summed E-state index contributed by atoms with van der Waals surface area (Å²) in [6.07, 6.45) is 3.89. The molecule has 3 N–H and O–H groups in total. The molecule has 0 spiro atoms. The number of dihydropyridines is 1. The molecule has 0 amide bonds. The number of nitrogens with one attached hydrogen (secondary N) is 1. The van der Waals surface area contributed by atoms with Gasteiger partial charge in [0.2, 0.25) is 5.78 Å². The van der Waals surface area contributed by atoms with E-state index in [1.54, 1.807) is 0 Å². The summed E-state index contributed by atoms with van der Waals surface area (Å²) >= 11 is 0. The minimum Gasteiger partial charge on any atom is -0.380 e. The third kappa shape index (κ3) is 5.69. The normalized spacial score (nSPS) is 23.5. The molecule has 3 aliphatic heterocycles. The van der Waals surface area contributed by atoms with Crippen molar-refractivity contribution in [3.63, 3.8) is 0 Å². The zero-order chi connectivity index (χ0) is 26.2. The fourth-order valence-electron chi connectivity index (χ4n) is 5.23. The van der Waals surface area contributed by atoms with E-state index in [0.717, 1.165) is 48.0 Å². The van der Waals surface area contributed by atoms with Gasteiger partial charge in [0.25, 0.3) is 0 Å². The highest BCUT2D eigenvalue weighted by Gasteiger charge is 2.32. The highest BCUT2D eigenvalue weighted by Crippen LogP contribution is 2.28. The summed E-state index contributed by atoms with van der Waals surface area (Å²) in [6.45, 7) is 6.57. The third-order valence-corrected chi connectivity index (χ3v) is 7.64. The van der Waals surface area contributed by atoms with Crippen LogP contribution in [0.2, 0.25) is 0 Å². The predicted octanol–water partition coefficient (Wildman–Crippen LogP) is 3.78. The van der Waals surface area contributed by atoms with Gasteiger partial charge in [0.1, 0.15) is 6.04 Å². The zero-order valence-corrected chi connectivity index (χ0v) is 22.3. The molecule has 0 aromatic heterocycles. The number of quaternary nitrogens is 1. The Bertz CT molecular complexity index is 1240. The summed E-state index contributed by atoms with van der Waals surface area (Å²) in [7, 11) is 6.78. The number of likely N-dealkylation sites (N-methyl/N-ethyl adjacent to an activating group) is 1. The minimum atomic E-state index is -0.319. The van der Waals surface area contributed by atoms with Gasteiger partial charge in [-0.1, -0.05) is 6.92 Å². The van der Waals surface area contributed by atoms with E-state index in [1.807, 2.05) is 24.3 Å². The molecule has 37 heavy (non-hydrogen) atoms. The number of aliphatic imine (C=N–C) groups is 2. The van der Waals surface area contributed by atoms with Crippen molar-refractivity contribution in [2.75, 3.05) is 62.4 Å². The lowest BCUT2D eigenvalue weighted by Gasteiger charge is -2.31. The summed E-state index contributed by atoms with van der Waals surface area (Å²) in [6, 6.07) is 17.1. The average molecular weight is 501 g/mol. The Balaban J connectivity index is 1.31. The van der Waals surface area contributed by atoms with Crippen LogP contribution in [0.1, 0.15) is 19.8 Å². The van der Waals surface area contributed by atoms with Crippen LogP contribution in [0.4, 0.5) is 22.7 Å². The zero-order valence-electron chi connectivity index (χ0n) is 22.3. The molecule has 0 radical (unpaired) electrons. The lowest BCUT2D eigenvalue weighted by atomic mass is 10.2. The Labute approximate surface area is 219 Å². The fourth-order valence-corrected chi connectivity index (χ4v) is 5.23. The second kappa shape index (κ2) is 10.0. The first-order valence-corrected chi connectivity index (χ1v) is 13.1. The number of rotatable bonds is 6. The summed E-state index contributed by atoms with van der Waals surface area (Å²) in [5.74, 6) is 0.749. The molecule has 194 valence electrons. The Hall–Kier alpha value is -3.65. The first kappa shape index (κ1) is 25.0. The second-order valence-corrected chi connectivity index (χ2v) is 11.4. The number of hydrogen-bond acceptors (Lipinski definition) is 6. The first-order valence-electron chi connectivity index (χ1n) is 13.1. The number of hydrogen-bond donors (Lipinski definition) is 2. The SMILES string of the molecule is CC1CCN(c2ccc(NC3=CC(=O)C(N)=N/C3=N\c3ccc(N4CCC([N+](C)(C)C)C4)cc3)cc2)C1. The smallest absolute Gasteiger partial charge is 0.222 e. The molecule has 3 aliphatic rings. The summed E-state index contributed by atoms with van der Waals surface area (Å²) in [5, 5.41) is 3.32. The van der Waals surface area contributed by atoms with Crippen LogP contribution >= 0.6 is 0 Å².